The van der Waals surface area contributed by atoms with Crippen LogP contribution in [0.4, 0.5) is 5.69 Å². The van der Waals surface area contributed by atoms with E-state index in [4.69, 9.17) is 4.74 Å². The van der Waals surface area contributed by atoms with Gasteiger partial charge in [0.05, 0.1) is 18.3 Å². The van der Waals surface area contributed by atoms with Gasteiger partial charge in [0.1, 0.15) is 5.75 Å². The number of nitrogens with one attached hydrogen (secondary N) is 1. The molecule has 1 N–H and O–H groups in total. The average Bonchev–Trinajstić information content (AvgIpc) is 3.23. The third-order valence-corrected chi connectivity index (χ3v) is 6.25. The van der Waals surface area contributed by atoms with E-state index in [1.807, 2.05) is 0 Å². The van der Waals surface area contributed by atoms with Crippen molar-refractivity contribution in [2.75, 3.05) is 11.9 Å². The fraction of sp³-hybridized carbons (Fsp3) is 0.308. The molecule has 1 heterocycles. The monoisotopic (exact) mass is 369 g/mol. The van der Waals surface area contributed by atoms with Gasteiger partial charge in [-0.2, -0.15) is 0 Å². The molecule has 142 valence electrons. The maximum atomic E-state index is 6.16. The Bertz CT molecular complexity index is 1020. The highest BCUT2D eigenvalue weighted by Crippen LogP contribution is 2.52. The number of anilines is 1. The Morgan fingerprint density at radius 1 is 1.00 bits per heavy atom. The van der Waals surface area contributed by atoms with Gasteiger partial charge in [-0.25, -0.2) is 0 Å². The normalized spacial score (nSPS) is 22.5. The maximum Gasteiger partial charge on any atom is 0.142 e. The predicted molar refractivity (Wildman–Crippen MR) is 117 cm³/mol. The number of fused-ring (bicyclic) bond motifs is 4. The van der Waals surface area contributed by atoms with Crippen molar-refractivity contribution in [2.24, 2.45) is 5.92 Å². The minimum atomic E-state index is 0.299. The average molecular weight is 370 g/mol. The number of hydrogen-bond acceptors (Lipinski definition) is 2. The Morgan fingerprint density at radius 2 is 1.89 bits per heavy atom. The second-order valence-electron chi connectivity index (χ2n) is 8.00. The first kappa shape index (κ1) is 17.4. The van der Waals surface area contributed by atoms with Crippen LogP contribution in [0.2, 0.25) is 0 Å². The lowest BCUT2D eigenvalue weighted by molar-refractivity contribution is 0.308. The van der Waals surface area contributed by atoms with Gasteiger partial charge >= 0.3 is 0 Å². The summed E-state index contributed by atoms with van der Waals surface area (Å²) in [5.41, 5.74) is 3.93. The molecule has 0 aromatic heterocycles. The highest BCUT2D eigenvalue weighted by molar-refractivity contribution is 5.83. The van der Waals surface area contributed by atoms with Crippen LogP contribution < -0.4 is 10.1 Å². The van der Waals surface area contributed by atoms with E-state index in [1.165, 1.54) is 27.6 Å². The van der Waals surface area contributed by atoms with Gasteiger partial charge in [0.15, 0.2) is 0 Å². The standard InChI is InChI=1S/C26H27NO/c1-2-3-16-28-24-13-7-12-23-21-10-6-11-22(21)25(27-26(23)24)20-15-14-18-8-4-5-9-19(18)17-20/h4-10,12-15,17,21-22,25,27H,2-3,11,16H2,1H3. The molecule has 0 radical (unpaired) electrons. The summed E-state index contributed by atoms with van der Waals surface area (Å²) in [4.78, 5) is 0. The van der Waals surface area contributed by atoms with Crippen LogP contribution in [0.1, 0.15) is 49.3 Å². The first-order valence-corrected chi connectivity index (χ1v) is 10.5. The van der Waals surface area contributed by atoms with Crippen molar-refractivity contribution in [1.29, 1.82) is 0 Å². The molecule has 3 aromatic carbocycles. The minimum absolute atomic E-state index is 0.299. The number of rotatable bonds is 5. The van der Waals surface area contributed by atoms with Gasteiger partial charge < -0.3 is 10.1 Å². The zero-order valence-corrected chi connectivity index (χ0v) is 16.4. The van der Waals surface area contributed by atoms with E-state index in [9.17, 15) is 0 Å². The van der Waals surface area contributed by atoms with E-state index in [-0.39, 0.29) is 0 Å². The molecule has 2 aliphatic rings. The van der Waals surface area contributed by atoms with Gasteiger partial charge in [0.25, 0.3) is 0 Å². The smallest absolute Gasteiger partial charge is 0.142 e. The highest BCUT2D eigenvalue weighted by Gasteiger charge is 2.39. The Kier molecular flexibility index (Phi) is 4.56. The molecule has 1 aliphatic heterocycles. The Balaban J connectivity index is 1.54. The van der Waals surface area contributed by atoms with Crippen LogP contribution in [0.15, 0.2) is 72.8 Å². The molecule has 3 atom stereocenters. The van der Waals surface area contributed by atoms with Crippen LogP contribution >= 0.6 is 0 Å². The summed E-state index contributed by atoms with van der Waals surface area (Å²) >= 11 is 0. The molecular weight excluding hydrogens is 342 g/mol. The van der Waals surface area contributed by atoms with Gasteiger partial charge in [0.2, 0.25) is 0 Å². The number of benzene rings is 3. The first-order chi connectivity index (χ1) is 13.8. The molecule has 0 saturated heterocycles. The summed E-state index contributed by atoms with van der Waals surface area (Å²) in [6, 6.07) is 22.3. The van der Waals surface area contributed by atoms with Crippen LogP contribution in [-0.2, 0) is 0 Å². The van der Waals surface area contributed by atoms with E-state index in [1.54, 1.807) is 0 Å². The Labute approximate surface area is 167 Å². The van der Waals surface area contributed by atoms with E-state index in [2.05, 4.69) is 85.1 Å². The van der Waals surface area contributed by atoms with Gasteiger partial charge in [-0.05, 0) is 52.8 Å². The minimum Gasteiger partial charge on any atom is -0.491 e. The van der Waals surface area contributed by atoms with E-state index >= 15 is 0 Å². The number of unbranched alkanes of at least 4 members (excludes halogenated alkanes) is 1. The SMILES string of the molecule is CCCCOc1cccc2c1NC(c1ccc3ccccc3c1)C1CC=CC21. The van der Waals surface area contributed by atoms with Crippen molar-refractivity contribution in [3.8, 4) is 5.75 Å². The summed E-state index contributed by atoms with van der Waals surface area (Å²) in [6.07, 6.45) is 8.10. The second-order valence-corrected chi connectivity index (χ2v) is 8.00. The van der Waals surface area contributed by atoms with Crippen LogP contribution in [0.5, 0.6) is 5.75 Å². The molecule has 3 unspecified atom stereocenters. The molecular formula is C26H27NO. The molecule has 5 rings (SSSR count). The van der Waals surface area contributed by atoms with Crippen LogP contribution in [-0.4, -0.2) is 6.61 Å². The first-order valence-electron chi connectivity index (χ1n) is 10.5. The van der Waals surface area contributed by atoms with Crippen molar-refractivity contribution in [3.05, 3.63) is 83.9 Å². The molecule has 3 aromatic rings. The van der Waals surface area contributed by atoms with Crippen LogP contribution in [0.25, 0.3) is 10.8 Å². The zero-order chi connectivity index (χ0) is 18.9. The third-order valence-electron chi connectivity index (χ3n) is 6.25. The summed E-state index contributed by atoms with van der Waals surface area (Å²) in [5.74, 6) is 2.01. The lowest BCUT2D eigenvalue weighted by atomic mass is 9.76. The van der Waals surface area contributed by atoms with Crippen molar-refractivity contribution in [2.45, 2.75) is 38.1 Å². The number of allylic oxidation sites excluding steroid dienone is 2. The van der Waals surface area contributed by atoms with E-state index < -0.39 is 0 Å². The maximum absolute atomic E-state index is 6.16. The fourth-order valence-electron chi connectivity index (χ4n) is 4.77. The van der Waals surface area contributed by atoms with Crippen LogP contribution in [0, 0.1) is 5.92 Å². The molecule has 0 bridgehead atoms. The van der Waals surface area contributed by atoms with Crippen molar-refractivity contribution in [1.82, 2.24) is 0 Å². The second kappa shape index (κ2) is 7.35. The fourth-order valence-corrected chi connectivity index (χ4v) is 4.77. The van der Waals surface area contributed by atoms with E-state index in [0.29, 0.717) is 17.9 Å². The molecule has 0 spiro atoms. The van der Waals surface area contributed by atoms with Crippen molar-refractivity contribution in [3.63, 3.8) is 0 Å². The quantitative estimate of drug-likeness (QED) is 0.392. The summed E-state index contributed by atoms with van der Waals surface area (Å²) in [5, 5.41) is 6.49. The van der Waals surface area contributed by atoms with Gasteiger partial charge in [0, 0.05) is 5.92 Å². The Morgan fingerprint density at radius 3 is 2.79 bits per heavy atom. The molecule has 0 fully saturated rings. The van der Waals surface area contributed by atoms with E-state index in [0.717, 1.165) is 31.6 Å². The van der Waals surface area contributed by atoms with Crippen molar-refractivity contribution >= 4 is 16.5 Å². The topological polar surface area (TPSA) is 21.3 Å². The Hall–Kier alpha value is -2.74. The zero-order valence-electron chi connectivity index (χ0n) is 16.4. The number of hydrogen-bond donors (Lipinski definition) is 1. The molecule has 28 heavy (non-hydrogen) atoms. The summed E-state index contributed by atoms with van der Waals surface area (Å²) < 4.78 is 6.16. The number of ether oxygens (including phenoxy) is 1. The van der Waals surface area contributed by atoms with Crippen LogP contribution in [0.3, 0.4) is 0 Å². The summed E-state index contributed by atoms with van der Waals surface area (Å²) in [7, 11) is 0. The van der Waals surface area contributed by atoms with Crippen molar-refractivity contribution < 1.29 is 4.74 Å². The number of para-hydroxylation sites is 1. The molecule has 2 heteroatoms. The molecule has 0 saturated carbocycles. The molecule has 1 aliphatic carbocycles. The molecule has 0 amide bonds. The predicted octanol–water partition coefficient (Wildman–Crippen LogP) is 6.85. The molecule has 2 nitrogen and oxygen atoms in total. The third kappa shape index (κ3) is 2.97. The van der Waals surface area contributed by atoms with Gasteiger partial charge in [-0.15, -0.1) is 0 Å². The largest absolute Gasteiger partial charge is 0.491 e. The van der Waals surface area contributed by atoms with Gasteiger partial charge in [-0.1, -0.05) is 74.0 Å². The van der Waals surface area contributed by atoms with Gasteiger partial charge in [-0.3, -0.25) is 0 Å². The lowest BCUT2D eigenvalue weighted by Crippen LogP contribution is -2.29. The lowest BCUT2D eigenvalue weighted by Gasteiger charge is -2.38. The highest BCUT2D eigenvalue weighted by atomic mass is 16.5. The summed E-state index contributed by atoms with van der Waals surface area (Å²) in [6.45, 7) is 2.98.